The van der Waals surface area contributed by atoms with E-state index in [9.17, 15) is 0 Å². The van der Waals surface area contributed by atoms with Gasteiger partial charge in [-0.3, -0.25) is 0 Å². The van der Waals surface area contributed by atoms with Gasteiger partial charge in [0.1, 0.15) is 0 Å². The molecule has 0 unspecified atom stereocenters. The van der Waals surface area contributed by atoms with Gasteiger partial charge in [0.05, 0.1) is 6.61 Å². The highest BCUT2D eigenvalue weighted by Crippen LogP contribution is 2.16. The van der Waals surface area contributed by atoms with Crippen LogP contribution < -0.4 is 5.32 Å². The van der Waals surface area contributed by atoms with Gasteiger partial charge in [-0.15, -0.1) is 0 Å². The quantitative estimate of drug-likeness (QED) is 0.467. The summed E-state index contributed by atoms with van der Waals surface area (Å²) in [4.78, 5) is 0. The van der Waals surface area contributed by atoms with Crippen LogP contribution in [0.4, 0.5) is 0 Å². The molecule has 1 aliphatic carbocycles. The smallest absolute Gasteiger partial charge is 0.0555 e. The predicted molar refractivity (Wildman–Crippen MR) is 46.4 cm³/mol. The molecule has 1 atom stereocenters. The second kappa shape index (κ2) is 5.33. The summed E-state index contributed by atoms with van der Waals surface area (Å²) < 4.78 is 0. The van der Waals surface area contributed by atoms with Gasteiger partial charge in [0, 0.05) is 6.54 Å². The predicted octanol–water partition coefficient (Wildman–Crippen LogP) is 0.925. The monoisotopic (exact) mass is 155 g/mol. The van der Waals surface area contributed by atoms with Crippen molar-refractivity contribution in [3.63, 3.8) is 0 Å². The van der Waals surface area contributed by atoms with Crippen LogP contribution in [-0.2, 0) is 0 Å². The van der Waals surface area contributed by atoms with E-state index < -0.39 is 0 Å². The third kappa shape index (κ3) is 3.54. The van der Waals surface area contributed by atoms with E-state index >= 15 is 0 Å². The van der Waals surface area contributed by atoms with Crippen LogP contribution in [0.2, 0.25) is 0 Å². The third-order valence-electron chi connectivity index (χ3n) is 2.10. The Morgan fingerprint density at radius 2 is 2.36 bits per heavy atom. The SMILES string of the molecule is OCCNC[C@@H]1CC=CCC1. The van der Waals surface area contributed by atoms with Gasteiger partial charge >= 0.3 is 0 Å². The van der Waals surface area contributed by atoms with Gasteiger partial charge in [0.25, 0.3) is 0 Å². The van der Waals surface area contributed by atoms with E-state index in [1.165, 1.54) is 19.3 Å². The highest BCUT2D eigenvalue weighted by atomic mass is 16.3. The molecule has 0 spiro atoms. The largest absolute Gasteiger partial charge is 0.395 e. The minimum absolute atomic E-state index is 0.253. The Morgan fingerprint density at radius 3 is 3.00 bits per heavy atom. The Balaban J connectivity index is 2.02. The number of rotatable bonds is 4. The molecule has 0 saturated carbocycles. The van der Waals surface area contributed by atoms with Gasteiger partial charge in [-0.1, -0.05) is 12.2 Å². The van der Waals surface area contributed by atoms with Crippen molar-refractivity contribution in [3.8, 4) is 0 Å². The minimum atomic E-state index is 0.253. The first kappa shape index (κ1) is 8.75. The Labute approximate surface area is 68.3 Å². The normalized spacial score (nSPS) is 23.9. The molecule has 2 N–H and O–H groups in total. The number of aliphatic hydroxyl groups excluding tert-OH is 1. The molecule has 0 aromatic heterocycles. The van der Waals surface area contributed by atoms with Crippen molar-refractivity contribution in [2.75, 3.05) is 19.7 Å². The summed E-state index contributed by atoms with van der Waals surface area (Å²) in [6, 6.07) is 0. The van der Waals surface area contributed by atoms with Crippen LogP contribution in [-0.4, -0.2) is 24.8 Å². The van der Waals surface area contributed by atoms with E-state index in [1.54, 1.807) is 0 Å². The Hall–Kier alpha value is -0.340. The second-order valence-corrected chi connectivity index (χ2v) is 3.08. The van der Waals surface area contributed by atoms with E-state index in [-0.39, 0.29) is 6.61 Å². The molecular formula is C9H17NO. The average Bonchev–Trinajstić information content (AvgIpc) is 2.07. The average molecular weight is 155 g/mol. The number of hydrogen-bond donors (Lipinski definition) is 2. The molecule has 11 heavy (non-hydrogen) atoms. The molecule has 1 rings (SSSR count). The fraction of sp³-hybridized carbons (Fsp3) is 0.778. The summed E-state index contributed by atoms with van der Waals surface area (Å²) in [5.41, 5.74) is 0. The van der Waals surface area contributed by atoms with Gasteiger partial charge in [-0.2, -0.15) is 0 Å². The molecule has 1 aliphatic rings. The van der Waals surface area contributed by atoms with Crippen LogP contribution in [0.3, 0.4) is 0 Å². The Morgan fingerprint density at radius 1 is 1.45 bits per heavy atom. The van der Waals surface area contributed by atoms with E-state index in [0.717, 1.165) is 19.0 Å². The van der Waals surface area contributed by atoms with Crippen molar-refractivity contribution in [3.05, 3.63) is 12.2 Å². The zero-order valence-electron chi connectivity index (χ0n) is 6.92. The number of hydrogen-bond acceptors (Lipinski definition) is 2. The highest BCUT2D eigenvalue weighted by molar-refractivity contribution is 4.90. The molecule has 0 amide bonds. The van der Waals surface area contributed by atoms with Crippen molar-refractivity contribution in [1.82, 2.24) is 5.32 Å². The molecule has 0 bridgehead atoms. The van der Waals surface area contributed by atoms with Crippen LogP contribution in [0.25, 0.3) is 0 Å². The van der Waals surface area contributed by atoms with Crippen molar-refractivity contribution in [2.24, 2.45) is 5.92 Å². The molecule has 0 saturated heterocycles. The fourth-order valence-corrected chi connectivity index (χ4v) is 1.43. The van der Waals surface area contributed by atoms with E-state index in [4.69, 9.17) is 5.11 Å². The maximum absolute atomic E-state index is 8.52. The van der Waals surface area contributed by atoms with Crippen LogP contribution in [0.1, 0.15) is 19.3 Å². The zero-order chi connectivity index (χ0) is 7.94. The lowest BCUT2D eigenvalue weighted by molar-refractivity contribution is 0.286. The molecule has 0 aromatic rings. The summed E-state index contributed by atoms with van der Waals surface area (Å²) in [6.07, 6.45) is 8.25. The maximum Gasteiger partial charge on any atom is 0.0555 e. The Bertz CT molecular complexity index is 123. The summed E-state index contributed by atoms with van der Waals surface area (Å²) in [5, 5.41) is 11.7. The van der Waals surface area contributed by atoms with Gasteiger partial charge < -0.3 is 10.4 Å². The fourth-order valence-electron chi connectivity index (χ4n) is 1.43. The van der Waals surface area contributed by atoms with Crippen molar-refractivity contribution in [2.45, 2.75) is 19.3 Å². The van der Waals surface area contributed by atoms with Crippen LogP contribution in [0.5, 0.6) is 0 Å². The summed E-state index contributed by atoms with van der Waals surface area (Å²) in [5.74, 6) is 0.798. The molecule has 64 valence electrons. The molecule has 2 heteroatoms. The Kier molecular flexibility index (Phi) is 4.24. The highest BCUT2D eigenvalue weighted by Gasteiger charge is 2.07. The lowest BCUT2D eigenvalue weighted by atomic mass is 9.94. The van der Waals surface area contributed by atoms with E-state index in [2.05, 4.69) is 17.5 Å². The molecule has 0 aliphatic heterocycles. The van der Waals surface area contributed by atoms with Crippen LogP contribution in [0.15, 0.2) is 12.2 Å². The number of nitrogens with one attached hydrogen (secondary N) is 1. The van der Waals surface area contributed by atoms with Crippen LogP contribution >= 0.6 is 0 Å². The lowest BCUT2D eigenvalue weighted by Gasteiger charge is -2.17. The molecule has 2 nitrogen and oxygen atoms in total. The summed E-state index contributed by atoms with van der Waals surface area (Å²) >= 11 is 0. The molecule has 0 fully saturated rings. The van der Waals surface area contributed by atoms with E-state index in [0.29, 0.717) is 0 Å². The first-order valence-electron chi connectivity index (χ1n) is 4.40. The van der Waals surface area contributed by atoms with E-state index in [1.807, 2.05) is 0 Å². The first-order chi connectivity index (χ1) is 5.43. The zero-order valence-corrected chi connectivity index (χ0v) is 6.92. The number of aliphatic hydroxyl groups is 1. The third-order valence-corrected chi connectivity index (χ3v) is 2.10. The summed E-state index contributed by atoms with van der Waals surface area (Å²) in [7, 11) is 0. The molecule has 0 radical (unpaired) electrons. The van der Waals surface area contributed by atoms with Gasteiger partial charge in [0.2, 0.25) is 0 Å². The maximum atomic E-state index is 8.52. The topological polar surface area (TPSA) is 32.3 Å². The molecular weight excluding hydrogens is 138 g/mol. The van der Waals surface area contributed by atoms with Crippen LogP contribution in [0, 0.1) is 5.92 Å². The van der Waals surface area contributed by atoms with Crippen molar-refractivity contribution >= 4 is 0 Å². The molecule has 0 heterocycles. The lowest BCUT2D eigenvalue weighted by Crippen LogP contribution is -2.25. The minimum Gasteiger partial charge on any atom is -0.395 e. The molecule has 0 aromatic carbocycles. The number of allylic oxidation sites excluding steroid dienone is 2. The second-order valence-electron chi connectivity index (χ2n) is 3.08. The standard InChI is InChI=1S/C9H17NO/c11-7-6-10-8-9-4-2-1-3-5-9/h1-2,9-11H,3-8H2/t9-/m1/s1. The van der Waals surface area contributed by atoms with Gasteiger partial charge in [0.15, 0.2) is 0 Å². The van der Waals surface area contributed by atoms with Crippen molar-refractivity contribution < 1.29 is 5.11 Å². The summed E-state index contributed by atoms with van der Waals surface area (Å²) in [6.45, 7) is 2.05. The van der Waals surface area contributed by atoms with Gasteiger partial charge in [-0.25, -0.2) is 0 Å². The van der Waals surface area contributed by atoms with Crippen molar-refractivity contribution in [1.29, 1.82) is 0 Å². The first-order valence-corrected chi connectivity index (χ1v) is 4.40. The van der Waals surface area contributed by atoms with Gasteiger partial charge in [-0.05, 0) is 31.7 Å².